The fourth-order valence-electron chi connectivity index (χ4n) is 2.89. The number of carbonyl (C=O) groups is 1. The van der Waals surface area contributed by atoms with Crippen LogP contribution < -0.4 is 10.0 Å². The van der Waals surface area contributed by atoms with Gasteiger partial charge in [-0.25, -0.2) is 13.1 Å². The molecule has 6 nitrogen and oxygen atoms in total. The Kier molecular flexibility index (Phi) is 6.83. The van der Waals surface area contributed by atoms with Crippen molar-refractivity contribution in [3.8, 4) is 0 Å². The van der Waals surface area contributed by atoms with Gasteiger partial charge in [0.05, 0.1) is 12.3 Å². The summed E-state index contributed by atoms with van der Waals surface area (Å²) in [5.41, 5.74) is -0.131. The average molecular weight is 333 g/mol. The Bertz CT molecular complexity index is 476. The number of piperidine rings is 1. The van der Waals surface area contributed by atoms with Crippen LogP contribution in [0.25, 0.3) is 0 Å². The van der Waals surface area contributed by atoms with Gasteiger partial charge in [0.2, 0.25) is 15.9 Å². The van der Waals surface area contributed by atoms with Gasteiger partial charge in [-0.15, -0.1) is 0 Å². The van der Waals surface area contributed by atoms with E-state index in [1.165, 1.54) is 19.3 Å². The maximum atomic E-state index is 12.0. The highest BCUT2D eigenvalue weighted by molar-refractivity contribution is 7.88. The lowest BCUT2D eigenvalue weighted by Crippen LogP contribution is -2.56. The van der Waals surface area contributed by atoms with Crippen LogP contribution in [0.2, 0.25) is 0 Å². The third-order valence-corrected chi connectivity index (χ3v) is 5.21. The average Bonchev–Trinajstić information content (AvgIpc) is 2.43. The van der Waals surface area contributed by atoms with Crippen molar-refractivity contribution in [2.45, 2.75) is 58.5 Å². The molecule has 0 radical (unpaired) electrons. The smallest absolute Gasteiger partial charge is 0.237 e. The summed E-state index contributed by atoms with van der Waals surface area (Å²) < 4.78 is 24.6. The van der Waals surface area contributed by atoms with Crippen LogP contribution in [0.5, 0.6) is 0 Å². The van der Waals surface area contributed by atoms with E-state index in [1.807, 2.05) is 0 Å². The summed E-state index contributed by atoms with van der Waals surface area (Å²) in [6.45, 7) is 10.7. The third kappa shape index (κ3) is 6.22. The molecule has 130 valence electrons. The van der Waals surface area contributed by atoms with Crippen LogP contribution in [0.15, 0.2) is 0 Å². The number of hydrogen-bond donors (Lipinski definition) is 2. The summed E-state index contributed by atoms with van der Waals surface area (Å²) in [6, 6.07) is -0.754. The largest absolute Gasteiger partial charge is 0.353 e. The molecule has 0 saturated carbocycles. The summed E-state index contributed by atoms with van der Waals surface area (Å²) in [6.07, 6.45) is 4.72. The van der Waals surface area contributed by atoms with Crippen molar-refractivity contribution in [2.24, 2.45) is 5.92 Å². The lowest BCUT2D eigenvalue weighted by Gasteiger charge is -2.43. The van der Waals surface area contributed by atoms with Gasteiger partial charge in [0.1, 0.15) is 0 Å². The molecule has 1 saturated heterocycles. The van der Waals surface area contributed by atoms with E-state index in [2.05, 4.69) is 35.7 Å². The van der Waals surface area contributed by atoms with Crippen LogP contribution >= 0.6 is 0 Å². The molecule has 0 aromatic carbocycles. The Labute approximate surface area is 135 Å². The van der Waals surface area contributed by atoms with Crippen molar-refractivity contribution >= 4 is 15.9 Å². The fourth-order valence-corrected chi connectivity index (χ4v) is 3.64. The van der Waals surface area contributed by atoms with E-state index < -0.39 is 16.1 Å². The summed E-state index contributed by atoms with van der Waals surface area (Å²) in [5.74, 6) is 0.442. The summed E-state index contributed by atoms with van der Waals surface area (Å²) >= 11 is 0. The molecular formula is C15H31N3O3S. The third-order valence-electron chi connectivity index (χ3n) is 4.43. The molecule has 0 spiro atoms. The van der Waals surface area contributed by atoms with Gasteiger partial charge < -0.3 is 5.32 Å². The maximum absolute atomic E-state index is 12.0. The van der Waals surface area contributed by atoms with Crippen molar-refractivity contribution in [3.63, 3.8) is 0 Å². The molecule has 0 aliphatic carbocycles. The van der Waals surface area contributed by atoms with E-state index >= 15 is 0 Å². The highest BCUT2D eigenvalue weighted by Gasteiger charge is 2.31. The molecular weight excluding hydrogens is 302 g/mol. The molecule has 2 atom stereocenters. The maximum Gasteiger partial charge on any atom is 0.237 e. The van der Waals surface area contributed by atoms with Gasteiger partial charge in [0.25, 0.3) is 0 Å². The van der Waals surface area contributed by atoms with Gasteiger partial charge in [-0.05, 0) is 46.1 Å². The Morgan fingerprint density at radius 2 is 2.05 bits per heavy atom. The Hall–Kier alpha value is -0.660. The number of rotatable bonds is 7. The molecule has 1 aliphatic rings. The van der Waals surface area contributed by atoms with E-state index in [0.717, 1.165) is 25.3 Å². The number of nitrogens with one attached hydrogen (secondary N) is 2. The first kappa shape index (κ1) is 19.4. The van der Waals surface area contributed by atoms with E-state index in [0.29, 0.717) is 6.54 Å². The van der Waals surface area contributed by atoms with Gasteiger partial charge in [0.15, 0.2) is 0 Å². The second-order valence-corrected chi connectivity index (χ2v) is 8.78. The first-order valence-corrected chi connectivity index (χ1v) is 9.94. The van der Waals surface area contributed by atoms with Crippen LogP contribution in [-0.2, 0) is 14.8 Å². The molecule has 1 heterocycles. The Morgan fingerprint density at radius 3 is 2.59 bits per heavy atom. The van der Waals surface area contributed by atoms with Crippen molar-refractivity contribution in [1.29, 1.82) is 0 Å². The highest BCUT2D eigenvalue weighted by atomic mass is 32.2. The molecule has 0 bridgehead atoms. The van der Waals surface area contributed by atoms with Gasteiger partial charge in [0, 0.05) is 18.6 Å². The number of likely N-dealkylation sites (tertiary alicyclic amines) is 1. The van der Waals surface area contributed by atoms with Crippen molar-refractivity contribution in [1.82, 2.24) is 14.9 Å². The Morgan fingerprint density at radius 1 is 1.41 bits per heavy atom. The van der Waals surface area contributed by atoms with Crippen LogP contribution in [0, 0.1) is 5.92 Å². The molecule has 1 rings (SSSR count). The SMILES string of the molecule is CC[C@@H]1CCCN(C(C)(C)CNC(=O)[C@@H](C)NS(C)(=O)=O)C1. The molecule has 1 amide bonds. The van der Waals surface area contributed by atoms with Crippen LogP contribution in [0.1, 0.15) is 47.0 Å². The summed E-state index contributed by atoms with van der Waals surface area (Å²) in [7, 11) is -3.37. The molecule has 0 unspecified atom stereocenters. The quantitative estimate of drug-likeness (QED) is 0.727. The number of carbonyl (C=O) groups excluding carboxylic acids is 1. The first-order valence-electron chi connectivity index (χ1n) is 8.05. The minimum absolute atomic E-state index is 0.131. The van der Waals surface area contributed by atoms with Crippen LogP contribution in [-0.4, -0.2) is 56.7 Å². The molecule has 1 fully saturated rings. The predicted molar refractivity (Wildman–Crippen MR) is 89.1 cm³/mol. The topological polar surface area (TPSA) is 78.5 Å². The number of nitrogens with zero attached hydrogens (tertiary/aromatic N) is 1. The first-order chi connectivity index (χ1) is 10.0. The normalized spacial score (nSPS) is 22.3. The van der Waals surface area contributed by atoms with Crippen molar-refractivity contribution in [2.75, 3.05) is 25.9 Å². The highest BCUT2D eigenvalue weighted by Crippen LogP contribution is 2.25. The fraction of sp³-hybridized carbons (Fsp3) is 0.933. The van der Waals surface area contributed by atoms with Crippen LogP contribution in [0.4, 0.5) is 0 Å². The van der Waals surface area contributed by atoms with E-state index in [4.69, 9.17) is 0 Å². The zero-order valence-electron chi connectivity index (χ0n) is 14.5. The summed E-state index contributed by atoms with van der Waals surface area (Å²) in [5, 5.41) is 2.87. The summed E-state index contributed by atoms with van der Waals surface area (Å²) in [4.78, 5) is 14.4. The zero-order chi connectivity index (χ0) is 17.0. The lowest BCUT2D eigenvalue weighted by atomic mass is 9.91. The van der Waals surface area contributed by atoms with E-state index in [1.54, 1.807) is 6.92 Å². The number of amides is 1. The minimum Gasteiger partial charge on any atom is -0.353 e. The minimum atomic E-state index is -3.37. The van der Waals surface area contributed by atoms with E-state index in [-0.39, 0.29) is 11.4 Å². The molecule has 22 heavy (non-hydrogen) atoms. The molecule has 0 aromatic rings. The van der Waals surface area contributed by atoms with Crippen molar-refractivity contribution < 1.29 is 13.2 Å². The Balaban J connectivity index is 2.52. The monoisotopic (exact) mass is 333 g/mol. The molecule has 2 N–H and O–H groups in total. The van der Waals surface area contributed by atoms with Crippen LogP contribution in [0.3, 0.4) is 0 Å². The molecule has 7 heteroatoms. The second kappa shape index (κ2) is 7.75. The molecule has 0 aromatic heterocycles. The standard InChI is InChI=1S/C15H31N3O3S/c1-6-13-8-7-9-18(10-13)15(3,4)11-16-14(19)12(2)17-22(5,20)21/h12-13,17H,6-11H2,1-5H3,(H,16,19)/t12-,13-/m1/s1. The lowest BCUT2D eigenvalue weighted by molar-refractivity contribution is -0.123. The molecule has 1 aliphatic heterocycles. The van der Waals surface area contributed by atoms with Crippen molar-refractivity contribution in [3.05, 3.63) is 0 Å². The van der Waals surface area contributed by atoms with Gasteiger partial charge in [-0.1, -0.05) is 13.3 Å². The van der Waals surface area contributed by atoms with E-state index in [9.17, 15) is 13.2 Å². The number of sulfonamides is 1. The number of hydrogen-bond acceptors (Lipinski definition) is 4. The predicted octanol–water partition coefficient (Wildman–Crippen LogP) is 0.941. The van der Waals surface area contributed by atoms with Gasteiger partial charge in [-0.2, -0.15) is 0 Å². The van der Waals surface area contributed by atoms with Gasteiger partial charge in [-0.3, -0.25) is 9.69 Å². The zero-order valence-corrected chi connectivity index (χ0v) is 15.3. The van der Waals surface area contributed by atoms with Gasteiger partial charge >= 0.3 is 0 Å². The second-order valence-electron chi connectivity index (χ2n) is 7.00.